The largest absolute Gasteiger partial charge is 0.352 e. The van der Waals surface area contributed by atoms with Gasteiger partial charge in [-0.05, 0) is 42.7 Å². The van der Waals surface area contributed by atoms with E-state index >= 15 is 0 Å². The molecule has 0 aliphatic heterocycles. The molecule has 8 heteroatoms. The lowest BCUT2D eigenvalue weighted by Crippen LogP contribution is -2.44. The molecule has 1 N–H and O–H groups in total. The highest BCUT2D eigenvalue weighted by atomic mass is 35.5. The highest BCUT2D eigenvalue weighted by Gasteiger charge is 2.19. The van der Waals surface area contributed by atoms with Crippen LogP contribution in [0.1, 0.15) is 37.7 Å². The Hall–Kier alpha value is -2.93. The van der Waals surface area contributed by atoms with Crippen molar-refractivity contribution < 1.29 is 4.79 Å². The average Bonchev–Trinajstić information content (AvgIpc) is 2.76. The zero-order chi connectivity index (χ0) is 21.1. The Morgan fingerprint density at radius 1 is 1.07 bits per heavy atom. The third-order valence-corrected chi connectivity index (χ3v) is 5.76. The van der Waals surface area contributed by atoms with Gasteiger partial charge in [0.2, 0.25) is 5.91 Å². The van der Waals surface area contributed by atoms with E-state index < -0.39 is 11.2 Å². The molecule has 1 aromatic carbocycles. The van der Waals surface area contributed by atoms with Crippen LogP contribution in [0, 0.1) is 0 Å². The molecular formula is C22H23ClN4O3. The molecule has 1 amide bonds. The first-order chi connectivity index (χ1) is 14.5. The van der Waals surface area contributed by atoms with Crippen LogP contribution in [-0.2, 0) is 17.9 Å². The van der Waals surface area contributed by atoms with Crippen molar-refractivity contribution in [3.8, 4) is 0 Å². The molecule has 1 aliphatic rings. The molecular weight excluding hydrogens is 404 g/mol. The number of halogens is 1. The maximum Gasteiger partial charge on any atom is 0.332 e. The number of carbonyl (C=O) groups excluding carboxylic acids is 1. The van der Waals surface area contributed by atoms with Crippen LogP contribution in [0.3, 0.4) is 0 Å². The summed E-state index contributed by atoms with van der Waals surface area (Å²) in [4.78, 5) is 43.0. The first-order valence-electron chi connectivity index (χ1n) is 10.1. The molecule has 4 rings (SSSR count). The summed E-state index contributed by atoms with van der Waals surface area (Å²) < 4.78 is 2.45. The van der Waals surface area contributed by atoms with Crippen molar-refractivity contribution in [2.45, 2.75) is 51.2 Å². The summed E-state index contributed by atoms with van der Waals surface area (Å²) in [6, 6.07) is 10.4. The number of hydrogen-bond donors (Lipinski definition) is 1. The topological polar surface area (TPSA) is 86.0 Å². The zero-order valence-corrected chi connectivity index (χ0v) is 17.3. The van der Waals surface area contributed by atoms with Crippen molar-refractivity contribution in [2.75, 3.05) is 0 Å². The Balaban J connectivity index is 1.70. The summed E-state index contributed by atoms with van der Waals surface area (Å²) in [5.74, 6) is -0.231. The number of pyridine rings is 1. The van der Waals surface area contributed by atoms with Crippen LogP contribution in [0.2, 0.25) is 5.02 Å². The van der Waals surface area contributed by atoms with Crippen molar-refractivity contribution in [3.63, 3.8) is 0 Å². The highest BCUT2D eigenvalue weighted by molar-refractivity contribution is 6.30. The SMILES string of the molecule is O=C(Cn1c(=O)n(Cc2ccc(Cl)cc2)c(=O)c2ncccc21)NC1CCCCC1. The van der Waals surface area contributed by atoms with Gasteiger partial charge in [-0.1, -0.05) is 43.0 Å². The lowest BCUT2D eigenvalue weighted by molar-refractivity contribution is -0.122. The summed E-state index contributed by atoms with van der Waals surface area (Å²) in [6.45, 7) is -0.0793. The fourth-order valence-corrected chi connectivity index (χ4v) is 4.10. The van der Waals surface area contributed by atoms with Gasteiger partial charge in [0.05, 0.1) is 12.1 Å². The highest BCUT2D eigenvalue weighted by Crippen LogP contribution is 2.17. The lowest BCUT2D eigenvalue weighted by atomic mass is 9.95. The summed E-state index contributed by atoms with van der Waals surface area (Å²) in [5, 5.41) is 3.60. The van der Waals surface area contributed by atoms with Crippen LogP contribution in [0.15, 0.2) is 52.2 Å². The molecule has 30 heavy (non-hydrogen) atoms. The second kappa shape index (κ2) is 8.83. The van der Waals surface area contributed by atoms with Gasteiger partial charge in [0.15, 0.2) is 5.52 Å². The second-order valence-corrected chi connectivity index (χ2v) is 8.10. The number of hydrogen-bond acceptors (Lipinski definition) is 4. The Morgan fingerprint density at radius 2 is 1.80 bits per heavy atom. The number of carbonyl (C=O) groups is 1. The predicted octanol–water partition coefficient (Wildman–Crippen LogP) is 2.71. The van der Waals surface area contributed by atoms with Crippen molar-refractivity contribution >= 4 is 28.5 Å². The van der Waals surface area contributed by atoms with Gasteiger partial charge in [-0.2, -0.15) is 0 Å². The first kappa shape index (κ1) is 20.3. The molecule has 0 atom stereocenters. The van der Waals surface area contributed by atoms with E-state index in [9.17, 15) is 14.4 Å². The lowest BCUT2D eigenvalue weighted by Gasteiger charge is -2.23. The standard InChI is InChI=1S/C22H23ClN4O3/c23-16-10-8-15(9-11-16)13-27-21(29)20-18(7-4-12-24-20)26(22(27)30)14-19(28)25-17-5-2-1-3-6-17/h4,7-12,17H,1-3,5-6,13-14H2,(H,25,28). The van der Waals surface area contributed by atoms with Gasteiger partial charge in [0.1, 0.15) is 6.54 Å². The molecule has 1 saturated carbocycles. The van der Waals surface area contributed by atoms with Gasteiger partial charge >= 0.3 is 5.69 Å². The van der Waals surface area contributed by atoms with Crippen LogP contribution in [0.25, 0.3) is 11.0 Å². The minimum absolute atomic E-state index is 0.0750. The number of aromatic nitrogens is 3. The number of nitrogens with zero attached hydrogens (tertiary/aromatic N) is 3. The monoisotopic (exact) mass is 426 g/mol. The number of benzene rings is 1. The Kier molecular flexibility index (Phi) is 5.99. The van der Waals surface area contributed by atoms with Gasteiger partial charge in [0.25, 0.3) is 5.56 Å². The molecule has 3 aromatic rings. The number of fused-ring (bicyclic) bond motifs is 1. The average molecular weight is 427 g/mol. The van der Waals surface area contributed by atoms with Gasteiger partial charge < -0.3 is 5.32 Å². The van der Waals surface area contributed by atoms with E-state index in [0.717, 1.165) is 35.8 Å². The van der Waals surface area contributed by atoms with Crippen LogP contribution in [-0.4, -0.2) is 26.1 Å². The maximum atomic E-state index is 13.2. The van der Waals surface area contributed by atoms with E-state index in [1.54, 1.807) is 36.4 Å². The minimum atomic E-state index is -0.533. The molecule has 1 aliphatic carbocycles. The molecule has 1 fully saturated rings. The minimum Gasteiger partial charge on any atom is -0.352 e. The van der Waals surface area contributed by atoms with E-state index in [2.05, 4.69) is 10.3 Å². The molecule has 0 unspecified atom stereocenters. The van der Waals surface area contributed by atoms with Crippen LogP contribution < -0.4 is 16.6 Å². The van der Waals surface area contributed by atoms with Gasteiger partial charge in [0, 0.05) is 17.3 Å². The summed E-state index contributed by atoms with van der Waals surface area (Å²) in [7, 11) is 0. The van der Waals surface area contributed by atoms with E-state index in [0.29, 0.717) is 10.5 Å². The van der Waals surface area contributed by atoms with Crippen LogP contribution >= 0.6 is 11.6 Å². The van der Waals surface area contributed by atoms with Crippen LogP contribution in [0.4, 0.5) is 0 Å². The zero-order valence-electron chi connectivity index (χ0n) is 16.5. The predicted molar refractivity (Wildman–Crippen MR) is 116 cm³/mol. The number of nitrogens with one attached hydrogen (secondary N) is 1. The van der Waals surface area contributed by atoms with Gasteiger partial charge in [-0.3, -0.25) is 18.7 Å². The Labute approximate surface area is 178 Å². The van der Waals surface area contributed by atoms with Gasteiger partial charge in [-0.25, -0.2) is 9.78 Å². The quantitative estimate of drug-likeness (QED) is 0.679. The first-order valence-corrected chi connectivity index (χ1v) is 10.5. The summed E-state index contributed by atoms with van der Waals surface area (Å²) >= 11 is 5.93. The van der Waals surface area contributed by atoms with Crippen molar-refractivity contribution in [1.82, 2.24) is 19.4 Å². The molecule has 7 nitrogen and oxygen atoms in total. The Morgan fingerprint density at radius 3 is 2.53 bits per heavy atom. The molecule has 0 bridgehead atoms. The van der Waals surface area contributed by atoms with E-state index in [-0.39, 0.29) is 30.6 Å². The normalized spacial score (nSPS) is 14.7. The summed E-state index contributed by atoms with van der Waals surface area (Å²) in [5.41, 5.74) is 0.269. The maximum absolute atomic E-state index is 13.2. The molecule has 156 valence electrons. The van der Waals surface area contributed by atoms with Crippen molar-refractivity contribution in [1.29, 1.82) is 0 Å². The van der Waals surface area contributed by atoms with E-state index in [1.165, 1.54) is 17.2 Å². The van der Waals surface area contributed by atoms with Crippen molar-refractivity contribution in [3.05, 3.63) is 74.0 Å². The number of amides is 1. The molecule has 0 radical (unpaired) electrons. The third kappa shape index (κ3) is 4.31. The van der Waals surface area contributed by atoms with E-state index in [4.69, 9.17) is 11.6 Å². The van der Waals surface area contributed by atoms with Gasteiger partial charge in [-0.15, -0.1) is 0 Å². The van der Waals surface area contributed by atoms with Crippen LogP contribution in [0.5, 0.6) is 0 Å². The molecule has 2 aromatic heterocycles. The molecule has 0 spiro atoms. The fraction of sp³-hybridized carbons (Fsp3) is 0.364. The molecule has 2 heterocycles. The number of rotatable bonds is 5. The Bertz CT molecular complexity index is 1180. The molecule has 0 saturated heterocycles. The summed E-state index contributed by atoms with van der Waals surface area (Å²) in [6.07, 6.45) is 6.82. The van der Waals surface area contributed by atoms with Crippen molar-refractivity contribution in [2.24, 2.45) is 0 Å². The second-order valence-electron chi connectivity index (χ2n) is 7.66. The third-order valence-electron chi connectivity index (χ3n) is 5.51. The van der Waals surface area contributed by atoms with E-state index in [1.807, 2.05) is 0 Å². The fourth-order valence-electron chi connectivity index (χ4n) is 3.97. The smallest absolute Gasteiger partial charge is 0.332 e.